The number of amides is 1. The molecule has 7 nitrogen and oxygen atoms in total. The lowest BCUT2D eigenvalue weighted by molar-refractivity contribution is -0.126. The first kappa shape index (κ1) is 23.3. The Morgan fingerprint density at radius 3 is 2.52 bits per heavy atom. The van der Waals surface area contributed by atoms with Gasteiger partial charge in [-0.05, 0) is 30.5 Å². The average molecular weight is 470 g/mol. The third kappa shape index (κ3) is 5.38. The topological polar surface area (TPSA) is 114 Å². The summed E-state index contributed by atoms with van der Waals surface area (Å²) in [5.41, 5.74) is 1.52. The molecule has 0 aliphatic heterocycles. The summed E-state index contributed by atoms with van der Waals surface area (Å²) < 4.78 is 0. The molecule has 1 fully saturated rings. The van der Waals surface area contributed by atoms with Gasteiger partial charge in [0, 0.05) is 34.1 Å². The number of carbonyl (C=O) groups is 2. The third-order valence-corrected chi connectivity index (χ3v) is 6.48. The number of aromatic nitrogens is 1. The number of halogens is 1. The number of fused-ring (bicyclic) bond motifs is 1. The van der Waals surface area contributed by atoms with E-state index in [-0.39, 0.29) is 23.8 Å². The van der Waals surface area contributed by atoms with Crippen molar-refractivity contribution in [3.63, 3.8) is 0 Å². The molecule has 0 saturated heterocycles. The number of nitrogens with one attached hydrogen (secondary N) is 3. The Labute approximate surface area is 197 Å². The Kier molecular flexibility index (Phi) is 7.33. The summed E-state index contributed by atoms with van der Waals surface area (Å²) in [5.74, 6) is -2.78. The Hall–Kier alpha value is -2.87. The number of carboxylic acids is 1. The molecule has 1 saturated carbocycles. The number of hydrogen-bond acceptors (Lipinski definition) is 4. The first-order chi connectivity index (χ1) is 15.9. The van der Waals surface area contributed by atoms with E-state index in [1.165, 1.54) is 0 Å². The standard InChI is InChI=1S/C25H28ClN3O4/c26-16-11-12-18-19(13-16)29-22(25(32)33)20(18)21(24(31)28-17-9-5-2-6-10-17)23(30)27-14-15-7-3-1-4-8-15/h1,3-4,7-8,11-13,17,21,24,28-29,31H,2,5-6,9-10,14H2,(H,27,30)(H,32,33). The molecular formula is C25H28ClN3O4. The van der Waals surface area contributed by atoms with Gasteiger partial charge in [-0.1, -0.05) is 67.3 Å². The van der Waals surface area contributed by atoms with Crippen LogP contribution in [0.5, 0.6) is 0 Å². The van der Waals surface area contributed by atoms with Gasteiger partial charge in [0.1, 0.15) is 17.8 Å². The average Bonchev–Trinajstić information content (AvgIpc) is 3.17. The van der Waals surface area contributed by atoms with Crippen molar-refractivity contribution in [1.82, 2.24) is 15.6 Å². The zero-order valence-corrected chi connectivity index (χ0v) is 18.9. The van der Waals surface area contributed by atoms with Gasteiger partial charge < -0.3 is 20.5 Å². The number of aliphatic hydroxyl groups is 1. The Morgan fingerprint density at radius 2 is 1.82 bits per heavy atom. The Balaban J connectivity index is 1.70. The molecule has 2 aromatic carbocycles. The van der Waals surface area contributed by atoms with Crippen LogP contribution in [0.2, 0.25) is 5.02 Å². The zero-order valence-electron chi connectivity index (χ0n) is 18.2. The van der Waals surface area contributed by atoms with E-state index in [9.17, 15) is 19.8 Å². The zero-order chi connectivity index (χ0) is 23.4. The van der Waals surface area contributed by atoms with Gasteiger partial charge in [-0.3, -0.25) is 10.1 Å². The third-order valence-electron chi connectivity index (χ3n) is 6.25. The maximum absolute atomic E-state index is 13.4. The van der Waals surface area contributed by atoms with Crippen molar-refractivity contribution in [2.45, 2.75) is 56.8 Å². The first-order valence-corrected chi connectivity index (χ1v) is 11.6. The van der Waals surface area contributed by atoms with Crippen molar-refractivity contribution in [3.8, 4) is 0 Å². The number of benzene rings is 2. The lowest BCUT2D eigenvalue weighted by Gasteiger charge is -2.30. The smallest absolute Gasteiger partial charge is 0.352 e. The summed E-state index contributed by atoms with van der Waals surface area (Å²) in [4.78, 5) is 28.4. The quantitative estimate of drug-likeness (QED) is 0.318. The highest BCUT2D eigenvalue weighted by molar-refractivity contribution is 6.31. The molecule has 5 N–H and O–H groups in total. The number of carboxylic acid groups (broad SMARTS) is 1. The number of aromatic carboxylic acids is 1. The highest BCUT2D eigenvalue weighted by Crippen LogP contribution is 2.34. The molecule has 1 amide bonds. The molecule has 8 heteroatoms. The van der Waals surface area contributed by atoms with Gasteiger partial charge in [0.15, 0.2) is 0 Å². The molecule has 174 valence electrons. The second kappa shape index (κ2) is 10.4. The summed E-state index contributed by atoms with van der Waals surface area (Å²) in [5, 5.41) is 28.1. The van der Waals surface area contributed by atoms with Gasteiger partial charge >= 0.3 is 5.97 Å². The monoisotopic (exact) mass is 469 g/mol. The number of rotatable bonds is 8. The number of H-pyrrole nitrogens is 1. The molecule has 0 spiro atoms. The van der Waals surface area contributed by atoms with Gasteiger partial charge in [0.2, 0.25) is 5.91 Å². The molecule has 2 atom stereocenters. The van der Waals surface area contributed by atoms with Crippen LogP contribution in [0.4, 0.5) is 0 Å². The fourth-order valence-electron chi connectivity index (χ4n) is 4.62. The Morgan fingerprint density at radius 1 is 1.09 bits per heavy atom. The maximum Gasteiger partial charge on any atom is 0.352 e. The van der Waals surface area contributed by atoms with Crippen LogP contribution in [0.15, 0.2) is 48.5 Å². The van der Waals surface area contributed by atoms with Crippen LogP contribution in [-0.2, 0) is 11.3 Å². The molecule has 2 unspecified atom stereocenters. The van der Waals surface area contributed by atoms with Gasteiger partial charge in [0.25, 0.3) is 0 Å². The lowest BCUT2D eigenvalue weighted by Crippen LogP contribution is -2.47. The van der Waals surface area contributed by atoms with Crippen molar-refractivity contribution in [1.29, 1.82) is 0 Å². The van der Waals surface area contributed by atoms with Crippen molar-refractivity contribution in [2.24, 2.45) is 0 Å². The van der Waals surface area contributed by atoms with Gasteiger partial charge in [-0.2, -0.15) is 0 Å². The maximum atomic E-state index is 13.4. The molecule has 3 aromatic rings. The van der Waals surface area contributed by atoms with E-state index in [0.29, 0.717) is 15.9 Å². The van der Waals surface area contributed by atoms with Crippen LogP contribution in [0.1, 0.15) is 59.6 Å². The molecule has 1 heterocycles. The van der Waals surface area contributed by atoms with Crippen LogP contribution in [-0.4, -0.2) is 39.3 Å². The van der Waals surface area contributed by atoms with Crippen LogP contribution in [0.3, 0.4) is 0 Å². The van der Waals surface area contributed by atoms with Gasteiger partial charge in [0.05, 0.1) is 0 Å². The molecular weight excluding hydrogens is 442 g/mol. The number of carbonyl (C=O) groups excluding carboxylic acids is 1. The largest absolute Gasteiger partial charge is 0.477 e. The van der Waals surface area contributed by atoms with E-state index in [2.05, 4.69) is 15.6 Å². The van der Waals surface area contributed by atoms with Crippen LogP contribution >= 0.6 is 11.6 Å². The summed E-state index contributed by atoms with van der Waals surface area (Å²) in [7, 11) is 0. The molecule has 4 rings (SSSR count). The van der Waals surface area contributed by atoms with Crippen LogP contribution < -0.4 is 10.6 Å². The summed E-state index contributed by atoms with van der Waals surface area (Å²) >= 11 is 6.10. The minimum Gasteiger partial charge on any atom is -0.477 e. The molecule has 0 bridgehead atoms. The normalized spacial score (nSPS) is 16.4. The predicted molar refractivity (Wildman–Crippen MR) is 127 cm³/mol. The minimum atomic E-state index is -1.25. The van der Waals surface area contributed by atoms with E-state index in [4.69, 9.17) is 11.6 Å². The minimum absolute atomic E-state index is 0.0751. The fourth-order valence-corrected chi connectivity index (χ4v) is 4.79. The summed E-state index contributed by atoms with van der Waals surface area (Å²) in [6.07, 6.45) is 3.83. The fraction of sp³-hybridized carbons (Fsp3) is 0.360. The van der Waals surface area contributed by atoms with Crippen molar-refractivity contribution >= 4 is 34.4 Å². The highest BCUT2D eigenvalue weighted by atomic mass is 35.5. The van der Waals surface area contributed by atoms with E-state index < -0.39 is 24.0 Å². The van der Waals surface area contributed by atoms with Gasteiger partial charge in [-0.15, -0.1) is 0 Å². The van der Waals surface area contributed by atoms with Gasteiger partial charge in [-0.25, -0.2) is 4.79 Å². The SMILES string of the molecule is O=C(O)c1[nH]c2cc(Cl)ccc2c1C(C(=O)NCc1ccccc1)C(O)NC1CCCCC1. The number of aromatic amines is 1. The predicted octanol–water partition coefficient (Wildman–Crippen LogP) is 4.16. The molecule has 33 heavy (non-hydrogen) atoms. The van der Waals surface area contributed by atoms with Crippen LogP contribution in [0.25, 0.3) is 10.9 Å². The number of aliphatic hydroxyl groups excluding tert-OH is 1. The Bertz CT molecular complexity index is 1130. The molecule has 1 aromatic heterocycles. The number of hydrogen-bond donors (Lipinski definition) is 5. The first-order valence-electron chi connectivity index (χ1n) is 11.2. The molecule has 1 aliphatic rings. The van der Waals surface area contributed by atoms with Crippen molar-refractivity contribution in [2.75, 3.05) is 0 Å². The highest BCUT2D eigenvalue weighted by Gasteiger charge is 2.36. The second-order valence-corrected chi connectivity index (χ2v) is 8.97. The van der Waals surface area contributed by atoms with Crippen molar-refractivity contribution < 1.29 is 19.8 Å². The molecule has 0 radical (unpaired) electrons. The second-order valence-electron chi connectivity index (χ2n) is 8.54. The van der Waals surface area contributed by atoms with Crippen LogP contribution in [0, 0.1) is 0 Å². The van der Waals surface area contributed by atoms with E-state index >= 15 is 0 Å². The van der Waals surface area contributed by atoms with E-state index in [0.717, 1.165) is 37.7 Å². The molecule has 1 aliphatic carbocycles. The van der Waals surface area contributed by atoms with Crippen molar-refractivity contribution in [3.05, 3.63) is 70.4 Å². The summed E-state index contributed by atoms with van der Waals surface area (Å²) in [6.45, 7) is 0.267. The summed E-state index contributed by atoms with van der Waals surface area (Å²) in [6, 6.07) is 14.5. The lowest BCUT2D eigenvalue weighted by atomic mass is 9.90. The van der Waals surface area contributed by atoms with E-state index in [1.54, 1.807) is 18.2 Å². The van der Waals surface area contributed by atoms with E-state index in [1.807, 2.05) is 30.3 Å².